The molecule has 1 saturated carbocycles. The molecule has 2 bridgehead atoms. The third-order valence-electron chi connectivity index (χ3n) is 6.35. The van der Waals surface area contributed by atoms with E-state index in [1.807, 2.05) is 30.3 Å². The van der Waals surface area contributed by atoms with E-state index in [1.165, 1.54) is 12.7 Å². The van der Waals surface area contributed by atoms with Crippen molar-refractivity contribution in [1.29, 1.82) is 0 Å². The number of nitrogen functional groups attached to an aromatic ring is 1. The second kappa shape index (κ2) is 6.81. The predicted molar refractivity (Wildman–Crippen MR) is 118 cm³/mol. The molecular weight excluding hydrogens is 374 g/mol. The Balaban J connectivity index is 1.39. The van der Waals surface area contributed by atoms with E-state index in [0.29, 0.717) is 17.9 Å². The minimum atomic E-state index is 0.313. The SMILES string of the molecule is Nc1ncnc2c1c(-c1ccc(Nc3ccccc3)cc1)nn2C1CC2CNC1C2. The Morgan fingerprint density at radius 2 is 1.77 bits per heavy atom. The van der Waals surface area contributed by atoms with Crippen molar-refractivity contribution < 1.29 is 0 Å². The van der Waals surface area contributed by atoms with Gasteiger partial charge >= 0.3 is 0 Å². The molecule has 4 aromatic rings. The van der Waals surface area contributed by atoms with Gasteiger partial charge in [0.15, 0.2) is 5.65 Å². The van der Waals surface area contributed by atoms with Crippen LogP contribution in [0.15, 0.2) is 60.9 Å². The molecule has 3 atom stereocenters. The van der Waals surface area contributed by atoms with E-state index >= 15 is 0 Å². The van der Waals surface area contributed by atoms with E-state index < -0.39 is 0 Å². The molecule has 6 rings (SSSR count). The van der Waals surface area contributed by atoms with Crippen molar-refractivity contribution in [3.8, 4) is 11.3 Å². The number of nitrogens with two attached hydrogens (primary N) is 1. The van der Waals surface area contributed by atoms with E-state index in [9.17, 15) is 0 Å². The summed E-state index contributed by atoms with van der Waals surface area (Å²) in [4.78, 5) is 8.80. The molecule has 3 heterocycles. The lowest BCUT2D eigenvalue weighted by molar-refractivity contribution is 0.342. The molecule has 0 radical (unpaired) electrons. The van der Waals surface area contributed by atoms with Crippen molar-refractivity contribution in [3.63, 3.8) is 0 Å². The molecule has 7 heteroatoms. The fourth-order valence-corrected chi connectivity index (χ4v) is 4.92. The number of nitrogens with zero attached hydrogens (tertiary/aromatic N) is 4. The number of hydrogen-bond donors (Lipinski definition) is 3. The minimum absolute atomic E-state index is 0.313. The Labute approximate surface area is 174 Å². The summed E-state index contributed by atoms with van der Waals surface area (Å²) in [7, 11) is 0. The van der Waals surface area contributed by atoms with Gasteiger partial charge in [-0.2, -0.15) is 5.10 Å². The average molecular weight is 397 g/mol. The zero-order valence-corrected chi connectivity index (χ0v) is 16.5. The van der Waals surface area contributed by atoms with Crippen molar-refractivity contribution in [2.75, 3.05) is 17.6 Å². The van der Waals surface area contributed by atoms with Crippen LogP contribution in [-0.4, -0.2) is 32.3 Å². The third kappa shape index (κ3) is 2.81. The van der Waals surface area contributed by atoms with Crippen LogP contribution in [0.3, 0.4) is 0 Å². The number of rotatable bonds is 4. The summed E-state index contributed by atoms with van der Waals surface area (Å²) in [5, 5.41) is 12.9. The summed E-state index contributed by atoms with van der Waals surface area (Å²) in [6, 6.07) is 19.2. The first-order chi connectivity index (χ1) is 14.8. The van der Waals surface area contributed by atoms with Gasteiger partial charge in [-0.15, -0.1) is 0 Å². The zero-order valence-electron chi connectivity index (χ0n) is 16.5. The molecule has 0 amide bonds. The lowest BCUT2D eigenvalue weighted by Crippen LogP contribution is -2.35. The maximum Gasteiger partial charge on any atom is 0.164 e. The standard InChI is InChI=1S/C23H23N7/c24-22-20-21(15-6-8-17(9-7-15)28-16-4-2-1-3-5-16)29-30(23(20)27-13-26-22)19-11-14-10-18(19)25-12-14/h1-9,13-14,18-19,25,28H,10-12H2,(H2,24,26,27). The molecule has 0 spiro atoms. The highest BCUT2D eigenvalue weighted by molar-refractivity contribution is 5.98. The first kappa shape index (κ1) is 17.4. The fraction of sp³-hybridized carbons (Fsp3) is 0.261. The molecule has 1 aliphatic heterocycles. The Morgan fingerprint density at radius 1 is 0.967 bits per heavy atom. The van der Waals surface area contributed by atoms with Gasteiger partial charge in [0.1, 0.15) is 17.8 Å². The highest BCUT2D eigenvalue weighted by Gasteiger charge is 2.42. The number of anilines is 3. The predicted octanol–water partition coefficient (Wildman–Crippen LogP) is 3.74. The summed E-state index contributed by atoms with van der Waals surface area (Å²) in [6.07, 6.45) is 3.88. The smallest absolute Gasteiger partial charge is 0.164 e. The average Bonchev–Trinajstić information content (AvgIpc) is 3.50. The number of hydrogen-bond acceptors (Lipinski definition) is 6. The molecule has 7 nitrogen and oxygen atoms in total. The van der Waals surface area contributed by atoms with Crippen molar-refractivity contribution >= 4 is 28.2 Å². The van der Waals surface area contributed by atoms with Gasteiger partial charge in [-0.05, 0) is 49.6 Å². The van der Waals surface area contributed by atoms with Crippen LogP contribution in [0.2, 0.25) is 0 Å². The quantitative estimate of drug-likeness (QED) is 0.486. The third-order valence-corrected chi connectivity index (χ3v) is 6.35. The summed E-state index contributed by atoms with van der Waals surface area (Å²) in [6.45, 7) is 1.11. The number of aromatic nitrogens is 4. The van der Waals surface area contributed by atoms with Crippen molar-refractivity contribution in [3.05, 3.63) is 60.9 Å². The molecule has 4 N–H and O–H groups in total. The van der Waals surface area contributed by atoms with Crippen LogP contribution in [-0.2, 0) is 0 Å². The number of para-hydroxylation sites is 1. The summed E-state index contributed by atoms with van der Waals surface area (Å²) < 4.78 is 2.08. The minimum Gasteiger partial charge on any atom is -0.383 e. The van der Waals surface area contributed by atoms with Gasteiger partial charge in [-0.1, -0.05) is 30.3 Å². The lowest BCUT2D eigenvalue weighted by Gasteiger charge is -2.23. The molecule has 2 aliphatic rings. The highest BCUT2D eigenvalue weighted by Crippen LogP contribution is 2.42. The van der Waals surface area contributed by atoms with Gasteiger partial charge in [0.2, 0.25) is 0 Å². The second-order valence-electron chi connectivity index (χ2n) is 8.24. The van der Waals surface area contributed by atoms with Crippen LogP contribution in [0.1, 0.15) is 18.9 Å². The number of benzene rings is 2. The van der Waals surface area contributed by atoms with Crippen LogP contribution in [0.25, 0.3) is 22.3 Å². The number of piperidine rings is 1. The molecule has 150 valence electrons. The van der Waals surface area contributed by atoms with Crippen LogP contribution in [0.4, 0.5) is 17.2 Å². The zero-order chi connectivity index (χ0) is 20.1. The topological polar surface area (TPSA) is 93.7 Å². The monoisotopic (exact) mass is 397 g/mol. The summed E-state index contributed by atoms with van der Waals surface area (Å²) in [5.74, 6) is 1.20. The Bertz CT molecular complexity index is 1200. The molecule has 2 fully saturated rings. The molecule has 1 aliphatic carbocycles. The largest absolute Gasteiger partial charge is 0.383 e. The van der Waals surface area contributed by atoms with Crippen molar-refractivity contribution in [2.24, 2.45) is 5.92 Å². The van der Waals surface area contributed by atoms with Gasteiger partial charge in [-0.3, -0.25) is 0 Å². The molecule has 3 unspecified atom stereocenters. The highest BCUT2D eigenvalue weighted by atomic mass is 15.3. The Kier molecular flexibility index (Phi) is 3.95. The maximum absolute atomic E-state index is 6.28. The number of fused-ring (bicyclic) bond motifs is 3. The van der Waals surface area contributed by atoms with Crippen molar-refractivity contribution in [1.82, 2.24) is 25.1 Å². The second-order valence-corrected chi connectivity index (χ2v) is 8.24. The van der Waals surface area contributed by atoms with Crippen LogP contribution in [0, 0.1) is 5.92 Å². The maximum atomic E-state index is 6.28. The normalized spacial score (nSPS) is 22.6. The van der Waals surface area contributed by atoms with Gasteiger partial charge in [-0.25, -0.2) is 14.6 Å². The van der Waals surface area contributed by atoms with E-state index in [2.05, 4.69) is 49.5 Å². The van der Waals surface area contributed by atoms with E-state index in [4.69, 9.17) is 10.8 Å². The van der Waals surface area contributed by atoms with Gasteiger partial charge in [0.25, 0.3) is 0 Å². The van der Waals surface area contributed by atoms with Gasteiger partial charge < -0.3 is 16.4 Å². The Morgan fingerprint density at radius 3 is 2.50 bits per heavy atom. The van der Waals surface area contributed by atoms with Crippen LogP contribution < -0.4 is 16.4 Å². The molecule has 30 heavy (non-hydrogen) atoms. The first-order valence-corrected chi connectivity index (χ1v) is 10.4. The molecule has 2 aromatic heterocycles. The number of nitrogens with one attached hydrogen (secondary N) is 2. The molecule has 1 saturated heterocycles. The van der Waals surface area contributed by atoms with Crippen LogP contribution in [0.5, 0.6) is 0 Å². The van der Waals surface area contributed by atoms with Crippen molar-refractivity contribution in [2.45, 2.75) is 24.9 Å². The van der Waals surface area contributed by atoms with E-state index in [0.717, 1.165) is 52.5 Å². The molecule has 2 aromatic carbocycles. The Hall–Kier alpha value is -3.45. The summed E-state index contributed by atoms with van der Waals surface area (Å²) in [5.41, 5.74) is 11.0. The lowest BCUT2D eigenvalue weighted by atomic mass is 10.1. The van der Waals surface area contributed by atoms with Gasteiger partial charge in [0, 0.05) is 23.0 Å². The molecular formula is C23H23N7. The van der Waals surface area contributed by atoms with Gasteiger partial charge in [0.05, 0.1) is 11.4 Å². The van der Waals surface area contributed by atoms with Crippen LogP contribution >= 0.6 is 0 Å². The summed E-state index contributed by atoms with van der Waals surface area (Å²) >= 11 is 0. The van der Waals surface area contributed by atoms with E-state index in [-0.39, 0.29) is 0 Å². The fourth-order valence-electron chi connectivity index (χ4n) is 4.92. The first-order valence-electron chi connectivity index (χ1n) is 10.4. The van der Waals surface area contributed by atoms with E-state index in [1.54, 1.807) is 0 Å².